The van der Waals surface area contributed by atoms with Gasteiger partial charge in [-0.25, -0.2) is 9.78 Å². The topological polar surface area (TPSA) is 86.8 Å². The molecule has 1 aliphatic rings. The molecule has 0 unspecified atom stereocenters. The van der Waals surface area contributed by atoms with Gasteiger partial charge in [-0.3, -0.25) is 4.79 Å². The molecule has 0 aliphatic carbocycles. The number of fused-ring (bicyclic) bond motifs is 1. The average molecular weight is 458 g/mol. The Morgan fingerprint density at radius 1 is 1.14 bits per heavy atom. The van der Waals surface area contributed by atoms with Crippen LogP contribution in [0, 0.1) is 0 Å². The number of hydrogen-bond acceptors (Lipinski definition) is 6. The van der Waals surface area contributed by atoms with Crippen molar-refractivity contribution in [2.24, 2.45) is 0 Å². The largest absolute Gasteiger partial charge is 0.489 e. The van der Waals surface area contributed by atoms with E-state index in [2.05, 4.69) is 10.3 Å². The Morgan fingerprint density at radius 3 is 2.72 bits per heavy atom. The quantitative estimate of drug-likeness (QED) is 0.529. The van der Waals surface area contributed by atoms with Crippen LogP contribution in [0.15, 0.2) is 30.5 Å². The predicted octanol–water partition coefficient (Wildman–Crippen LogP) is 4.40. The van der Waals surface area contributed by atoms with Crippen molar-refractivity contribution < 1.29 is 23.8 Å². The molecule has 1 aliphatic heterocycles. The van der Waals surface area contributed by atoms with Gasteiger partial charge in [-0.1, -0.05) is 34.8 Å². The number of nitrogens with zero attached hydrogens (tertiary/aromatic N) is 1. The Morgan fingerprint density at radius 2 is 1.93 bits per heavy atom. The molecule has 2 heterocycles. The van der Waals surface area contributed by atoms with E-state index in [1.165, 1.54) is 24.4 Å². The fraction of sp³-hybridized carbons (Fsp3) is 0.211. The monoisotopic (exact) mass is 456 g/mol. The van der Waals surface area contributed by atoms with E-state index in [9.17, 15) is 9.59 Å². The molecular weight excluding hydrogens is 443 g/mol. The van der Waals surface area contributed by atoms with E-state index in [0.29, 0.717) is 40.3 Å². The van der Waals surface area contributed by atoms with Gasteiger partial charge in [0.15, 0.2) is 23.9 Å². The van der Waals surface area contributed by atoms with Gasteiger partial charge in [-0.05, 0) is 29.8 Å². The number of halogens is 3. The lowest BCUT2D eigenvalue weighted by Gasteiger charge is -2.10. The number of nitrogens with one attached hydrogen (secondary N) is 1. The summed E-state index contributed by atoms with van der Waals surface area (Å²) in [5.41, 5.74) is 0.623. The number of amides is 1. The smallest absolute Gasteiger partial charge is 0.331 e. The minimum Gasteiger partial charge on any atom is -0.489 e. The molecule has 1 N–H and O–H groups in total. The Labute approximate surface area is 181 Å². The first-order chi connectivity index (χ1) is 13.9. The molecule has 0 atom stereocenters. The third-order valence-corrected chi connectivity index (χ3v) is 4.42. The maximum absolute atomic E-state index is 11.9. The lowest BCUT2D eigenvalue weighted by atomic mass is 10.2. The van der Waals surface area contributed by atoms with Crippen molar-refractivity contribution in [3.8, 4) is 11.5 Å². The molecule has 7 nitrogen and oxygen atoms in total. The van der Waals surface area contributed by atoms with Crippen LogP contribution < -0.4 is 14.8 Å². The van der Waals surface area contributed by atoms with Crippen molar-refractivity contribution in [3.63, 3.8) is 0 Å². The predicted molar refractivity (Wildman–Crippen MR) is 110 cm³/mol. The molecule has 1 aromatic heterocycles. The van der Waals surface area contributed by atoms with Crippen LogP contribution in [0.5, 0.6) is 11.5 Å². The van der Waals surface area contributed by atoms with Crippen molar-refractivity contribution in [1.29, 1.82) is 0 Å². The molecule has 2 aromatic rings. The summed E-state index contributed by atoms with van der Waals surface area (Å²) in [6, 6.07) is 4.78. The van der Waals surface area contributed by atoms with Crippen LogP contribution in [0.2, 0.25) is 15.1 Å². The molecule has 0 bridgehead atoms. The molecule has 0 radical (unpaired) electrons. The molecule has 0 saturated carbocycles. The first kappa shape index (κ1) is 21.2. The van der Waals surface area contributed by atoms with Gasteiger partial charge in [-0.15, -0.1) is 0 Å². The number of aromatic nitrogens is 1. The summed E-state index contributed by atoms with van der Waals surface area (Å²) in [6.45, 7) is 0.527. The maximum Gasteiger partial charge on any atom is 0.331 e. The third-order valence-electron chi connectivity index (χ3n) is 3.65. The van der Waals surface area contributed by atoms with Gasteiger partial charge < -0.3 is 19.5 Å². The van der Waals surface area contributed by atoms with Gasteiger partial charge >= 0.3 is 5.97 Å². The molecule has 3 rings (SSSR count). The molecule has 152 valence electrons. The summed E-state index contributed by atoms with van der Waals surface area (Å²) in [5.74, 6) is -0.195. The molecule has 1 aromatic carbocycles. The van der Waals surface area contributed by atoms with Crippen molar-refractivity contribution in [1.82, 2.24) is 4.98 Å². The van der Waals surface area contributed by atoms with Crippen LogP contribution in [0.4, 0.5) is 5.82 Å². The molecule has 0 fully saturated rings. The summed E-state index contributed by atoms with van der Waals surface area (Å²) in [4.78, 5) is 27.6. The lowest BCUT2D eigenvalue weighted by Crippen LogP contribution is -2.20. The summed E-state index contributed by atoms with van der Waals surface area (Å²) in [7, 11) is 0. The van der Waals surface area contributed by atoms with Crippen LogP contribution in [-0.4, -0.2) is 36.7 Å². The zero-order valence-electron chi connectivity index (χ0n) is 14.9. The Hall–Kier alpha value is -2.48. The van der Waals surface area contributed by atoms with Crippen molar-refractivity contribution >= 4 is 58.6 Å². The van der Waals surface area contributed by atoms with Crippen LogP contribution in [0.1, 0.15) is 12.0 Å². The Balaban J connectivity index is 1.55. The number of hydrogen-bond donors (Lipinski definition) is 1. The van der Waals surface area contributed by atoms with Gasteiger partial charge in [0, 0.05) is 18.7 Å². The Kier molecular flexibility index (Phi) is 7.19. The van der Waals surface area contributed by atoms with E-state index in [4.69, 9.17) is 49.0 Å². The first-order valence-electron chi connectivity index (χ1n) is 8.47. The van der Waals surface area contributed by atoms with Crippen LogP contribution in [0.3, 0.4) is 0 Å². The standard InChI is InChI=1S/C19H15Cl3N2O5/c20-12-8-14(22)19(23-9-12)24-16(25)10-29-17(26)3-2-11-6-13(21)18-15(7-11)27-4-1-5-28-18/h2-3,6-9H,1,4-5,10H2,(H,23,24,25). The second-order valence-corrected chi connectivity index (χ2v) is 7.10. The van der Waals surface area contributed by atoms with E-state index >= 15 is 0 Å². The SMILES string of the molecule is O=C(COC(=O)C=Cc1cc(Cl)c2c(c1)OCCCO2)Nc1ncc(Cl)cc1Cl. The zero-order valence-corrected chi connectivity index (χ0v) is 17.2. The van der Waals surface area contributed by atoms with E-state index in [1.807, 2.05) is 0 Å². The molecular formula is C19H15Cl3N2O5. The number of esters is 1. The summed E-state index contributed by atoms with van der Waals surface area (Å²) in [6.07, 6.45) is 4.76. The van der Waals surface area contributed by atoms with Crippen molar-refractivity contribution in [2.75, 3.05) is 25.1 Å². The summed E-state index contributed by atoms with van der Waals surface area (Å²) >= 11 is 17.9. The summed E-state index contributed by atoms with van der Waals surface area (Å²) in [5, 5.41) is 3.31. The second kappa shape index (κ2) is 9.82. The number of carbonyl (C=O) groups excluding carboxylic acids is 2. The van der Waals surface area contributed by atoms with E-state index in [1.54, 1.807) is 12.1 Å². The lowest BCUT2D eigenvalue weighted by molar-refractivity contribution is -0.142. The van der Waals surface area contributed by atoms with Crippen LogP contribution in [0.25, 0.3) is 6.08 Å². The van der Waals surface area contributed by atoms with Gasteiger partial charge in [0.25, 0.3) is 5.91 Å². The van der Waals surface area contributed by atoms with E-state index < -0.39 is 18.5 Å². The number of benzene rings is 1. The Bertz CT molecular complexity index is 965. The van der Waals surface area contributed by atoms with Gasteiger partial charge in [0.2, 0.25) is 0 Å². The fourth-order valence-corrected chi connectivity index (χ4v) is 3.07. The van der Waals surface area contributed by atoms with Gasteiger partial charge in [0.1, 0.15) is 0 Å². The maximum atomic E-state index is 11.9. The van der Waals surface area contributed by atoms with Crippen molar-refractivity contribution in [3.05, 3.63) is 51.1 Å². The molecule has 0 saturated heterocycles. The number of rotatable bonds is 5. The minimum absolute atomic E-state index is 0.120. The molecule has 10 heteroatoms. The normalized spacial score (nSPS) is 13.1. The highest BCUT2D eigenvalue weighted by Gasteiger charge is 2.15. The van der Waals surface area contributed by atoms with Gasteiger partial charge in [-0.2, -0.15) is 0 Å². The van der Waals surface area contributed by atoms with Crippen molar-refractivity contribution in [2.45, 2.75) is 6.42 Å². The van der Waals surface area contributed by atoms with Crippen LogP contribution in [-0.2, 0) is 14.3 Å². The van der Waals surface area contributed by atoms with Crippen LogP contribution >= 0.6 is 34.8 Å². The first-order valence-corrected chi connectivity index (χ1v) is 9.60. The zero-order chi connectivity index (χ0) is 20.8. The number of carbonyl (C=O) groups is 2. The molecule has 0 spiro atoms. The number of pyridine rings is 1. The molecule has 1 amide bonds. The highest BCUT2D eigenvalue weighted by molar-refractivity contribution is 6.36. The molecule has 29 heavy (non-hydrogen) atoms. The highest BCUT2D eigenvalue weighted by Crippen LogP contribution is 2.38. The van der Waals surface area contributed by atoms with E-state index in [-0.39, 0.29) is 10.8 Å². The van der Waals surface area contributed by atoms with Gasteiger partial charge in [0.05, 0.1) is 28.3 Å². The fourth-order valence-electron chi connectivity index (χ4n) is 2.37. The average Bonchev–Trinajstić information content (AvgIpc) is 2.93. The van der Waals surface area contributed by atoms with E-state index in [0.717, 1.165) is 6.42 Å². The minimum atomic E-state index is -0.710. The third kappa shape index (κ3) is 6.00. The second-order valence-electron chi connectivity index (χ2n) is 5.85. The highest BCUT2D eigenvalue weighted by atomic mass is 35.5. The summed E-state index contributed by atoms with van der Waals surface area (Å²) < 4.78 is 16.0. The number of ether oxygens (including phenoxy) is 3. The number of anilines is 1.